The predicted molar refractivity (Wildman–Crippen MR) is 106 cm³/mol. The molecule has 5 nitrogen and oxygen atoms in total. The van der Waals surface area contributed by atoms with Gasteiger partial charge in [0.1, 0.15) is 17.4 Å². The summed E-state index contributed by atoms with van der Waals surface area (Å²) in [4.78, 5) is 24.6. The number of nitrogens with one attached hydrogen (secondary N) is 2. The van der Waals surface area contributed by atoms with Crippen LogP contribution in [0.15, 0.2) is 66.7 Å². The summed E-state index contributed by atoms with van der Waals surface area (Å²) >= 11 is 5.83. The van der Waals surface area contributed by atoms with E-state index in [0.29, 0.717) is 0 Å². The highest BCUT2D eigenvalue weighted by molar-refractivity contribution is 6.31. The van der Waals surface area contributed by atoms with Crippen LogP contribution < -0.4 is 15.4 Å². The maximum absolute atomic E-state index is 13.9. The number of carbonyl (C=O) groups is 2. The van der Waals surface area contributed by atoms with Crippen molar-refractivity contribution in [3.8, 4) is 5.75 Å². The number of rotatable bonds is 6. The largest absolute Gasteiger partial charge is 0.483 e. The van der Waals surface area contributed by atoms with Gasteiger partial charge in [-0.25, -0.2) is 8.78 Å². The summed E-state index contributed by atoms with van der Waals surface area (Å²) in [7, 11) is 0. The van der Waals surface area contributed by atoms with Crippen molar-refractivity contribution in [2.24, 2.45) is 0 Å². The van der Waals surface area contributed by atoms with Crippen molar-refractivity contribution >= 4 is 34.8 Å². The summed E-state index contributed by atoms with van der Waals surface area (Å²) in [6.45, 7) is -0.454. The summed E-state index contributed by atoms with van der Waals surface area (Å²) < 4.78 is 32.9. The number of halogens is 3. The number of carbonyl (C=O) groups excluding carboxylic acids is 2. The van der Waals surface area contributed by atoms with E-state index >= 15 is 0 Å². The first-order valence-corrected chi connectivity index (χ1v) is 8.84. The molecule has 0 aromatic heterocycles. The zero-order chi connectivity index (χ0) is 20.8. The molecule has 2 amide bonds. The van der Waals surface area contributed by atoms with E-state index in [9.17, 15) is 18.4 Å². The first-order chi connectivity index (χ1) is 13.9. The summed E-state index contributed by atoms with van der Waals surface area (Å²) in [6.07, 6.45) is 0. The van der Waals surface area contributed by atoms with E-state index in [1.807, 2.05) is 0 Å². The minimum absolute atomic E-state index is 0.0172. The normalized spacial score (nSPS) is 10.3. The second kappa shape index (κ2) is 9.16. The lowest BCUT2D eigenvalue weighted by atomic mass is 10.2. The van der Waals surface area contributed by atoms with Crippen molar-refractivity contribution in [1.82, 2.24) is 0 Å². The molecule has 8 heteroatoms. The summed E-state index contributed by atoms with van der Waals surface area (Å²) in [5, 5.41) is 5.05. The fraction of sp³-hybridized carbons (Fsp3) is 0.0476. The second-order valence-corrected chi connectivity index (χ2v) is 6.33. The Morgan fingerprint density at radius 3 is 2.34 bits per heavy atom. The molecule has 0 spiro atoms. The van der Waals surface area contributed by atoms with E-state index in [1.165, 1.54) is 42.5 Å². The molecule has 0 unspecified atom stereocenters. The van der Waals surface area contributed by atoms with Crippen molar-refractivity contribution < 1.29 is 23.1 Å². The second-order valence-electron chi connectivity index (χ2n) is 5.89. The third-order valence-corrected chi connectivity index (χ3v) is 4.05. The van der Waals surface area contributed by atoms with Gasteiger partial charge in [-0.05, 0) is 42.5 Å². The maximum atomic E-state index is 13.9. The quantitative estimate of drug-likeness (QED) is 0.601. The molecule has 0 atom stereocenters. The van der Waals surface area contributed by atoms with Crippen LogP contribution >= 0.6 is 11.6 Å². The van der Waals surface area contributed by atoms with E-state index in [1.54, 1.807) is 18.2 Å². The van der Waals surface area contributed by atoms with Gasteiger partial charge in [0.25, 0.3) is 11.8 Å². The van der Waals surface area contributed by atoms with Gasteiger partial charge in [0, 0.05) is 5.02 Å². The summed E-state index contributed by atoms with van der Waals surface area (Å²) in [5.41, 5.74) is 0.0173. The van der Waals surface area contributed by atoms with Crippen LogP contribution in [0.3, 0.4) is 0 Å². The molecule has 3 rings (SSSR count). The predicted octanol–water partition coefficient (Wildman–Crippen LogP) is 4.89. The smallest absolute Gasteiger partial charge is 0.262 e. The van der Waals surface area contributed by atoms with Crippen molar-refractivity contribution in [1.29, 1.82) is 0 Å². The maximum Gasteiger partial charge on any atom is 0.262 e. The Hall–Kier alpha value is -3.45. The molecule has 0 bridgehead atoms. The molecular formula is C21H15ClF2N2O3. The van der Waals surface area contributed by atoms with Crippen molar-refractivity contribution in [2.45, 2.75) is 0 Å². The topological polar surface area (TPSA) is 67.4 Å². The number of hydrogen-bond acceptors (Lipinski definition) is 3. The number of benzene rings is 3. The van der Waals surface area contributed by atoms with Gasteiger partial charge in [0.05, 0.1) is 16.9 Å². The molecule has 0 aliphatic rings. The third-order valence-electron chi connectivity index (χ3n) is 3.82. The highest BCUT2D eigenvalue weighted by Gasteiger charge is 2.16. The highest BCUT2D eigenvalue weighted by Crippen LogP contribution is 2.23. The molecule has 0 aliphatic carbocycles. The Balaban J connectivity index is 1.68. The number of hydrogen-bond donors (Lipinski definition) is 2. The average Bonchev–Trinajstić information content (AvgIpc) is 2.71. The molecule has 3 aromatic rings. The van der Waals surface area contributed by atoms with Gasteiger partial charge >= 0.3 is 0 Å². The molecule has 0 heterocycles. The number of para-hydroxylation sites is 2. The van der Waals surface area contributed by atoms with Gasteiger partial charge in [-0.15, -0.1) is 0 Å². The first-order valence-electron chi connectivity index (χ1n) is 8.46. The number of amides is 2. The lowest BCUT2D eigenvalue weighted by Crippen LogP contribution is -2.22. The first kappa shape index (κ1) is 20.3. The number of anilines is 2. The van der Waals surface area contributed by atoms with Gasteiger partial charge in [-0.3, -0.25) is 9.59 Å². The SMILES string of the molecule is O=C(COc1ccccc1C(=O)Nc1cc(Cl)ccc1F)Nc1ccccc1F. The van der Waals surface area contributed by atoms with E-state index in [0.717, 1.165) is 6.07 Å². The molecule has 0 saturated carbocycles. The molecule has 0 saturated heterocycles. The van der Waals surface area contributed by atoms with Crippen LogP contribution in [0.4, 0.5) is 20.2 Å². The van der Waals surface area contributed by atoms with Crippen LogP contribution in [-0.2, 0) is 4.79 Å². The minimum atomic E-state index is -0.648. The van der Waals surface area contributed by atoms with Crippen molar-refractivity contribution in [2.75, 3.05) is 17.2 Å². The zero-order valence-electron chi connectivity index (χ0n) is 14.9. The van der Waals surface area contributed by atoms with Crippen LogP contribution in [0.5, 0.6) is 5.75 Å². The standard InChI is InChI=1S/C21H15ClF2N2O3/c22-13-9-10-16(24)18(11-13)26-21(28)14-5-1-4-8-19(14)29-12-20(27)25-17-7-3-2-6-15(17)23/h1-11H,12H2,(H,25,27)(H,26,28). The Morgan fingerprint density at radius 2 is 1.55 bits per heavy atom. The fourth-order valence-electron chi connectivity index (χ4n) is 2.46. The van der Waals surface area contributed by atoms with Crippen LogP contribution in [-0.4, -0.2) is 18.4 Å². The lowest BCUT2D eigenvalue weighted by Gasteiger charge is -2.12. The van der Waals surface area contributed by atoms with Gasteiger partial charge in [-0.1, -0.05) is 35.9 Å². The van der Waals surface area contributed by atoms with E-state index in [2.05, 4.69) is 10.6 Å². The van der Waals surface area contributed by atoms with Gasteiger partial charge in [0.15, 0.2) is 6.61 Å². The van der Waals surface area contributed by atoms with Crippen LogP contribution in [0.2, 0.25) is 5.02 Å². The molecule has 3 aromatic carbocycles. The van der Waals surface area contributed by atoms with E-state index < -0.39 is 30.1 Å². The van der Waals surface area contributed by atoms with Gasteiger partial charge < -0.3 is 15.4 Å². The van der Waals surface area contributed by atoms with Crippen molar-refractivity contribution in [3.63, 3.8) is 0 Å². The van der Waals surface area contributed by atoms with E-state index in [-0.39, 0.29) is 27.7 Å². The Morgan fingerprint density at radius 1 is 0.862 bits per heavy atom. The Kier molecular flexibility index (Phi) is 6.41. The Labute approximate surface area is 170 Å². The van der Waals surface area contributed by atoms with Gasteiger partial charge in [-0.2, -0.15) is 0 Å². The molecular weight excluding hydrogens is 402 g/mol. The molecule has 29 heavy (non-hydrogen) atoms. The Bertz CT molecular complexity index is 1060. The summed E-state index contributed by atoms with van der Waals surface area (Å²) in [6, 6.07) is 15.6. The third kappa shape index (κ3) is 5.30. The molecule has 0 radical (unpaired) electrons. The average molecular weight is 417 g/mol. The highest BCUT2D eigenvalue weighted by atomic mass is 35.5. The summed E-state index contributed by atoms with van der Waals surface area (Å²) in [5.74, 6) is -2.37. The minimum Gasteiger partial charge on any atom is -0.483 e. The lowest BCUT2D eigenvalue weighted by molar-refractivity contribution is -0.118. The molecule has 0 fully saturated rings. The zero-order valence-corrected chi connectivity index (χ0v) is 15.7. The van der Waals surface area contributed by atoms with Crippen LogP contribution in [0.1, 0.15) is 10.4 Å². The fourth-order valence-corrected chi connectivity index (χ4v) is 2.63. The monoisotopic (exact) mass is 416 g/mol. The van der Waals surface area contributed by atoms with E-state index in [4.69, 9.17) is 16.3 Å². The number of ether oxygens (including phenoxy) is 1. The molecule has 2 N–H and O–H groups in total. The molecule has 0 aliphatic heterocycles. The van der Waals surface area contributed by atoms with Crippen molar-refractivity contribution in [3.05, 3.63) is 89.0 Å². The van der Waals surface area contributed by atoms with Gasteiger partial charge in [0.2, 0.25) is 0 Å². The van der Waals surface area contributed by atoms with Crippen LogP contribution in [0, 0.1) is 11.6 Å². The van der Waals surface area contributed by atoms with Crippen LogP contribution in [0.25, 0.3) is 0 Å². The molecule has 148 valence electrons.